The molecule has 2 rings (SSSR count). The highest BCUT2D eigenvalue weighted by atomic mass is 35.5. The first-order chi connectivity index (χ1) is 8.47. The van der Waals surface area contributed by atoms with Crippen LogP contribution in [0.25, 0.3) is 0 Å². The van der Waals surface area contributed by atoms with Gasteiger partial charge in [-0.25, -0.2) is 4.79 Å². The molecule has 2 aromatic rings. The number of rotatable bonds is 3. The Bertz CT molecular complexity index is 715. The molecule has 2 aromatic heterocycles. The highest BCUT2D eigenvalue weighted by Crippen LogP contribution is 2.08. The first-order valence-corrected chi connectivity index (χ1v) is 4.90. The molecule has 0 saturated heterocycles. The van der Waals surface area contributed by atoms with Gasteiger partial charge in [-0.1, -0.05) is 16.6 Å². The van der Waals surface area contributed by atoms with Crippen LogP contribution in [0.5, 0.6) is 0 Å². The summed E-state index contributed by atoms with van der Waals surface area (Å²) in [4.78, 5) is 39.5. The Labute approximate surface area is 102 Å². The normalized spacial score (nSPS) is 10.5. The maximum atomic E-state index is 11.2. The number of nitrogens with one attached hydrogen (secondary N) is 2. The minimum Gasteiger partial charge on any atom is -0.390 e. The molecule has 0 aliphatic heterocycles. The molecule has 0 atom stereocenters. The van der Waals surface area contributed by atoms with Crippen LogP contribution in [0.2, 0.25) is 5.02 Å². The molecule has 0 aromatic carbocycles. The molecule has 94 valence electrons. The Morgan fingerprint density at radius 3 is 2.78 bits per heavy atom. The second kappa shape index (κ2) is 4.41. The molecule has 0 amide bonds. The van der Waals surface area contributed by atoms with Gasteiger partial charge in [0, 0.05) is 5.10 Å². The number of aromatic nitrogens is 5. The summed E-state index contributed by atoms with van der Waals surface area (Å²) in [6.45, 7) is -0.112. The molecule has 18 heavy (non-hydrogen) atoms. The summed E-state index contributed by atoms with van der Waals surface area (Å²) in [7, 11) is 0. The van der Waals surface area contributed by atoms with Crippen LogP contribution < -0.4 is 11.2 Å². The van der Waals surface area contributed by atoms with Crippen molar-refractivity contribution in [3.8, 4) is 0 Å². The topological polar surface area (TPSA) is 140 Å². The predicted octanol–water partition coefficient (Wildman–Crippen LogP) is -0.735. The van der Waals surface area contributed by atoms with E-state index in [2.05, 4.69) is 15.1 Å². The van der Waals surface area contributed by atoms with E-state index in [0.29, 0.717) is 0 Å². The summed E-state index contributed by atoms with van der Waals surface area (Å²) in [6, 6.07) is 0. The van der Waals surface area contributed by atoms with Crippen molar-refractivity contribution < 1.29 is 4.92 Å². The summed E-state index contributed by atoms with van der Waals surface area (Å²) < 4.78 is 1.08. The van der Waals surface area contributed by atoms with Crippen LogP contribution in [-0.2, 0) is 6.54 Å². The maximum absolute atomic E-state index is 11.2. The van der Waals surface area contributed by atoms with Crippen LogP contribution in [0, 0.1) is 10.1 Å². The van der Waals surface area contributed by atoms with Crippen LogP contribution >= 0.6 is 11.6 Å². The Morgan fingerprint density at radius 2 is 2.17 bits per heavy atom. The molecule has 2 heterocycles. The van der Waals surface area contributed by atoms with Crippen molar-refractivity contribution in [2.75, 3.05) is 0 Å². The highest BCUT2D eigenvalue weighted by molar-refractivity contribution is 6.30. The number of aromatic amines is 2. The molecule has 11 heteroatoms. The van der Waals surface area contributed by atoms with E-state index in [0.717, 1.165) is 11.0 Å². The van der Waals surface area contributed by atoms with E-state index < -0.39 is 22.1 Å². The Hall–Kier alpha value is -2.49. The molecular weight excluding hydrogens is 268 g/mol. The van der Waals surface area contributed by atoms with Crippen molar-refractivity contribution in [2.24, 2.45) is 0 Å². The zero-order valence-electron chi connectivity index (χ0n) is 8.58. The van der Waals surface area contributed by atoms with Gasteiger partial charge in [0.05, 0.1) is 5.69 Å². The minimum absolute atomic E-state index is 0.0882. The van der Waals surface area contributed by atoms with Crippen molar-refractivity contribution in [1.29, 1.82) is 0 Å². The highest BCUT2D eigenvalue weighted by Gasteiger charge is 2.15. The molecule has 0 aliphatic rings. The third kappa shape index (κ3) is 2.27. The molecule has 0 bridgehead atoms. The summed E-state index contributed by atoms with van der Waals surface area (Å²) in [5.41, 5.74) is -1.38. The van der Waals surface area contributed by atoms with Gasteiger partial charge < -0.3 is 15.1 Å². The van der Waals surface area contributed by atoms with Crippen molar-refractivity contribution in [3.63, 3.8) is 0 Å². The predicted molar refractivity (Wildman–Crippen MR) is 58.5 cm³/mol. The molecule has 10 nitrogen and oxygen atoms in total. The number of nitrogens with zero attached hydrogens (tertiary/aromatic N) is 4. The fourth-order valence-corrected chi connectivity index (χ4v) is 1.39. The summed E-state index contributed by atoms with van der Waals surface area (Å²) in [5, 5.41) is 13.7. The van der Waals surface area contributed by atoms with E-state index in [1.807, 2.05) is 4.98 Å². The number of nitro groups is 1. The van der Waals surface area contributed by atoms with Gasteiger partial charge in [0.1, 0.15) is 11.6 Å². The van der Waals surface area contributed by atoms with Crippen LogP contribution in [0.15, 0.2) is 15.9 Å². The third-order valence-electron chi connectivity index (χ3n) is 1.96. The van der Waals surface area contributed by atoms with Crippen molar-refractivity contribution in [3.05, 3.63) is 48.0 Å². The van der Waals surface area contributed by atoms with Gasteiger partial charge in [0.25, 0.3) is 5.56 Å². The maximum Gasteiger partial charge on any atom is 0.490 e. The zero-order valence-corrected chi connectivity index (χ0v) is 9.34. The van der Waals surface area contributed by atoms with Gasteiger partial charge in [-0.2, -0.15) is 4.68 Å². The number of hydrogen-bond acceptors (Lipinski definition) is 6. The van der Waals surface area contributed by atoms with Crippen molar-refractivity contribution >= 4 is 17.5 Å². The van der Waals surface area contributed by atoms with Crippen molar-refractivity contribution in [2.45, 2.75) is 6.54 Å². The average Bonchev–Trinajstić information content (AvgIpc) is 2.74. The van der Waals surface area contributed by atoms with Gasteiger partial charge in [0.15, 0.2) is 0 Å². The summed E-state index contributed by atoms with van der Waals surface area (Å²) in [6.07, 6.45) is 1.09. The van der Waals surface area contributed by atoms with E-state index in [1.165, 1.54) is 0 Å². The summed E-state index contributed by atoms with van der Waals surface area (Å²) in [5.74, 6) is -0.585. The van der Waals surface area contributed by atoms with Crippen LogP contribution in [-0.4, -0.2) is 29.7 Å². The standard InChI is InChI=1S/C7H5ClN6O4/c8-4-3(10-7(16)11-5(4)15)1-13-2-9-6(12-13)14(17)18/h2H,1H2,(H2,10,11,15,16). The molecule has 2 N–H and O–H groups in total. The van der Waals surface area contributed by atoms with Gasteiger partial charge in [-0.05, 0) is 4.92 Å². The third-order valence-corrected chi connectivity index (χ3v) is 2.36. The van der Waals surface area contributed by atoms with E-state index in [1.54, 1.807) is 0 Å². The lowest BCUT2D eigenvalue weighted by atomic mass is 10.4. The molecule has 0 unspecified atom stereocenters. The van der Waals surface area contributed by atoms with Gasteiger partial charge in [0.2, 0.25) is 6.33 Å². The lowest BCUT2D eigenvalue weighted by Gasteiger charge is -1.99. The SMILES string of the molecule is O=c1[nH]c(Cn2cnc([N+](=O)[O-])n2)c(Cl)c(=O)[nH]1. The van der Waals surface area contributed by atoms with Gasteiger partial charge >= 0.3 is 11.6 Å². The minimum atomic E-state index is -0.765. The Balaban J connectivity index is 2.36. The molecule has 0 aliphatic carbocycles. The zero-order chi connectivity index (χ0) is 13.3. The van der Waals surface area contributed by atoms with E-state index in [9.17, 15) is 19.7 Å². The fourth-order valence-electron chi connectivity index (χ4n) is 1.23. The van der Waals surface area contributed by atoms with Crippen LogP contribution in [0.3, 0.4) is 0 Å². The number of halogens is 1. The average molecular weight is 273 g/mol. The monoisotopic (exact) mass is 272 g/mol. The van der Waals surface area contributed by atoms with E-state index in [4.69, 9.17) is 11.6 Å². The Morgan fingerprint density at radius 1 is 1.44 bits per heavy atom. The second-order valence-corrected chi connectivity index (χ2v) is 3.58. The molecule has 0 spiro atoms. The lowest BCUT2D eigenvalue weighted by Crippen LogP contribution is -2.25. The molecule has 0 radical (unpaired) electrons. The van der Waals surface area contributed by atoms with E-state index >= 15 is 0 Å². The van der Waals surface area contributed by atoms with Crippen molar-refractivity contribution in [1.82, 2.24) is 24.7 Å². The largest absolute Gasteiger partial charge is 0.490 e. The number of hydrogen-bond donors (Lipinski definition) is 2. The second-order valence-electron chi connectivity index (χ2n) is 3.20. The fraction of sp³-hybridized carbons (Fsp3) is 0.143. The van der Waals surface area contributed by atoms with E-state index in [-0.39, 0.29) is 17.3 Å². The lowest BCUT2D eigenvalue weighted by molar-refractivity contribution is -0.394. The summed E-state index contributed by atoms with van der Waals surface area (Å²) >= 11 is 5.68. The van der Waals surface area contributed by atoms with Gasteiger partial charge in [-0.3, -0.25) is 9.78 Å². The Kier molecular flexibility index (Phi) is 2.93. The van der Waals surface area contributed by atoms with Crippen LogP contribution in [0.4, 0.5) is 5.95 Å². The molecule has 0 saturated carbocycles. The first kappa shape index (κ1) is 12.0. The first-order valence-electron chi connectivity index (χ1n) is 4.52. The molecular formula is C7H5ClN6O4. The van der Waals surface area contributed by atoms with Crippen LogP contribution in [0.1, 0.15) is 5.69 Å². The van der Waals surface area contributed by atoms with Gasteiger partial charge in [-0.15, -0.1) is 0 Å². The molecule has 0 fully saturated rings. The smallest absolute Gasteiger partial charge is 0.390 e. The quantitative estimate of drug-likeness (QED) is 0.557. The number of H-pyrrole nitrogens is 2.